The summed E-state index contributed by atoms with van der Waals surface area (Å²) in [6.45, 7) is 7.66. The Morgan fingerprint density at radius 3 is 2.50 bits per heavy atom. The Kier molecular flexibility index (Phi) is 7.29. The second-order valence-electron chi connectivity index (χ2n) is 8.37. The third-order valence-corrected chi connectivity index (χ3v) is 6.53. The molecule has 0 fully saturated rings. The van der Waals surface area contributed by atoms with Crippen LogP contribution in [0, 0.1) is 13.8 Å². The van der Waals surface area contributed by atoms with E-state index in [1.54, 1.807) is 14.2 Å². The molecular weight excluding hydrogens is 448 g/mol. The van der Waals surface area contributed by atoms with E-state index in [4.69, 9.17) is 31.2 Å². The van der Waals surface area contributed by atoms with E-state index < -0.39 is 0 Å². The van der Waals surface area contributed by atoms with Crippen molar-refractivity contribution >= 4 is 22.9 Å². The minimum absolute atomic E-state index is 0.199. The molecule has 1 atom stereocenters. The van der Waals surface area contributed by atoms with Crippen molar-refractivity contribution < 1.29 is 14.0 Å². The minimum atomic E-state index is -0.199. The zero-order valence-corrected chi connectivity index (χ0v) is 21.0. The van der Waals surface area contributed by atoms with Crippen LogP contribution < -0.4 is 10.1 Å². The molecule has 1 N–H and O–H groups in total. The first-order valence-electron chi connectivity index (χ1n) is 11.3. The first-order valence-corrected chi connectivity index (χ1v) is 11.7. The molecule has 0 aliphatic carbocycles. The van der Waals surface area contributed by atoms with Gasteiger partial charge in [-0.2, -0.15) is 4.98 Å². The van der Waals surface area contributed by atoms with Gasteiger partial charge >= 0.3 is 0 Å². The van der Waals surface area contributed by atoms with Crippen LogP contribution in [-0.2, 0) is 4.74 Å². The zero-order valence-electron chi connectivity index (χ0n) is 20.2. The minimum Gasteiger partial charge on any atom is -0.497 e. The van der Waals surface area contributed by atoms with Crippen molar-refractivity contribution in [2.45, 2.75) is 33.2 Å². The molecule has 8 heteroatoms. The summed E-state index contributed by atoms with van der Waals surface area (Å²) < 4.78 is 16.3. The highest BCUT2D eigenvalue weighted by Gasteiger charge is 2.34. The van der Waals surface area contributed by atoms with Crippen LogP contribution in [0.4, 0.5) is 0 Å². The molecule has 2 heterocycles. The van der Waals surface area contributed by atoms with Gasteiger partial charge < -0.3 is 24.2 Å². The van der Waals surface area contributed by atoms with Crippen LogP contribution in [0.25, 0.3) is 17.0 Å². The third-order valence-electron chi connectivity index (χ3n) is 6.20. The Morgan fingerprint density at radius 1 is 1.06 bits per heavy atom. The fourth-order valence-corrected chi connectivity index (χ4v) is 4.43. The number of thiocarbonyl (C=S) groups is 1. The number of rotatable bonds is 8. The molecule has 4 rings (SSSR count). The molecule has 1 unspecified atom stereocenters. The predicted molar refractivity (Wildman–Crippen MR) is 136 cm³/mol. The van der Waals surface area contributed by atoms with E-state index in [-0.39, 0.29) is 6.04 Å². The standard InChI is InChI=1S/C26H30N4O3S/c1-16-7-8-20(15-17(16)2)23-22(18(3)30(26(34)27-23)13-6-14-31-4)25-28-24(29-33-25)19-9-11-21(32-5)12-10-19/h7-12,15,23H,6,13-14H2,1-5H3,(H,27,34). The first kappa shape index (κ1) is 23.9. The number of benzene rings is 2. The molecule has 0 spiro atoms. The van der Waals surface area contributed by atoms with E-state index in [0.29, 0.717) is 23.4 Å². The van der Waals surface area contributed by atoms with Gasteiger partial charge in [-0.3, -0.25) is 0 Å². The average molecular weight is 479 g/mol. The van der Waals surface area contributed by atoms with E-state index >= 15 is 0 Å². The average Bonchev–Trinajstić information content (AvgIpc) is 3.32. The normalized spacial score (nSPS) is 16.1. The summed E-state index contributed by atoms with van der Waals surface area (Å²) in [5, 5.41) is 8.46. The SMILES string of the molecule is COCCCN1C(=S)NC(c2ccc(C)c(C)c2)C(c2nc(-c3ccc(OC)cc3)no2)=C1C. The van der Waals surface area contributed by atoms with E-state index in [2.05, 4.69) is 54.3 Å². The number of methoxy groups -OCH3 is 2. The number of ether oxygens (including phenoxy) is 2. The van der Waals surface area contributed by atoms with E-state index in [1.807, 2.05) is 24.3 Å². The monoisotopic (exact) mass is 478 g/mol. The first-order chi connectivity index (χ1) is 16.4. The van der Waals surface area contributed by atoms with Gasteiger partial charge in [0.2, 0.25) is 5.82 Å². The highest BCUT2D eigenvalue weighted by Crippen LogP contribution is 2.38. The van der Waals surface area contributed by atoms with Gasteiger partial charge in [0.05, 0.1) is 18.7 Å². The molecule has 0 radical (unpaired) electrons. The Hall–Kier alpha value is -3.23. The zero-order chi connectivity index (χ0) is 24.2. The van der Waals surface area contributed by atoms with Crippen molar-refractivity contribution in [1.82, 2.24) is 20.4 Å². The van der Waals surface area contributed by atoms with Gasteiger partial charge in [0.25, 0.3) is 5.89 Å². The van der Waals surface area contributed by atoms with E-state index in [1.165, 1.54) is 11.1 Å². The molecule has 3 aromatic rings. The second-order valence-corrected chi connectivity index (χ2v) is 8.76. The fraction of sp³-hybridized carbons (Fsp3) is 0.346. The summed E-state index contributed by atoms with van der Waals surface area (Å²) >= 11 is 5.76. The van der Waals surface area contributed by atoms with E-state index in [9.17, 15) is 0 Å². The Balaban J connectivity index is 1.76. The smallest absolute Gasteiger partial charge is 0.258 e. The quantitative estimate of drug-likeness (QED) is 0.356. The highest BCUT2D eigenvalue weighted by atomic mass is 32.1. The molecule has 0 amide bonds. The maximum absolute atomic E-state index is 5.82. The van der Waals surface area contributed by atoms with Gasteiger partial charge in [0.15, 0.2) is 5.11 Å². The van der Waals surface area contributed by atoms with Crippen LogP contribution in [0.1, 0.15) is 42.0 Å². The molecule has 7 nitrogen and oxygen atoms in total. The molecule has 34 heavy (non-hydrogen) atoms. The highest BCUT2D eigenvalue weighted by molar-refractivity contribution is 7.80. The lowest BCUT2D eigenvalue weighted by Crippen LogP contribution is -2.46. The molecule has 2 aromatic carbocycles. The second kappa shape index (κ2) is 10.4. The Labute approximate surface area is 205 Å². The maximum Gasteiger partial charge on any atom is 0.258 e. The largest absolute Gasteiger partial charge is 0.497 e. The molecule has 1 aliphatic heterocycles. The summed E-state index contributed by atoms with van der Waals surface area (Å²) in [6, 6.07) is 13.8. The van der Waals surface area contributed by atoms with Crippen LogP contribution in [0.3, 0.4) is 0 Å². The van der Waals surface area contributed by atoms with Gasteiger partial charge in [0, 0.05) is 31.5 Å². The van der Waals surface area contributed by atoms with Crippen molar-refractivity contribution in [3.8, 4) is 17.1 Å². The number of nitrogens with zero attached hydrogens (tertiary/aromatic N) is 3. The number of aryl methyl sites for hydroxylation is 2. The lowest BCUT2D eigenvalue weighted by Gasteiger charge is -2.37. The molecule has 1 aliphatic rings. The molecule has 0 bridgehead atoms. The number of hydrogen-bond acceptors (Lipinski definition) is 6. The van der Waals surface area contributed by atoms with Crippen molar-refractivity contribution in [3.63, 3.8) is 0 Å². The maximum atomic E-state index is 5.82. The summed E-state index contributed by atoms with van der Waals surface area (Å²) in [5.74, 6) is 1.77. The van der Waals surface area contributed by atoms with Crippen LogP contribution in [0.5, 0.6) is 5.75 Å². The molecule has 178 valence electrons. The molecular formula is C26H30N4O3S. The van der Waals surface area contributed by atoms with Gasteiger partial charge in [-0.05, 0) is 80.4 Å². The predicted octanol–water partition coefficient (Wildman–Crippen LogP) is 5.06. The number of nitrogens with one attached hydrogen (secondary N) is 1. The summed E-state index contributed by atoms with van der Waals surface area (Å²) in [4.78, 5) is 6.85. The number of aromatic nitrogens is 2. The fourth-order valence-electron chi connectivity index (χ4n) is 4.08. The van der Waals surface area contributed by atoms with Crippen LogP contribution in [-0.4, -0.2) is 47.5 Å². The van der Waals surface area contributed by atoms with Gasteiger partial charge in [-0.25, -0.2) is 0 Å². The topological polar surface area (TPSA) is 72.7 Å². The summed E-state index contributed by atoms with van der Waals surface area (Å²) in [5.41, 5.74) is 6.32. The van der Waals surface area contributed by atoms with Crippen molar-refractivity contribution in [1.29, 1.82) is 0 Å². The number of hydrogen-bond donors (Lipinski definition) is 1. The van der Waals surface area contributed by atoms with Gasteiger partial charge in [0.1, 0.15) is 5.75 Å². The molecule has 1 aromatic heterocycles. The van der Waals surface area contributed by atoms with Gasteiger partial charge in [-0.1, -0.05) is 23.4 Å². The molecule has 0 saturated heterocycles. The van der Waals surface area contributed by atoms with Crippen LogP contribution in [0.15, 0.2) is 52.7 Å². The lowest BCUT2D eigenvalue weighted by molar-refractivity contribution is 0.188. The lowest BCUT2D eigenvalue weighted by atomic mass is 9.92. The Bertz CT molecular complexity index is 1200. The van der Waals surface area contributed by atoms with Gasteiger partial charge in [-0.15, -0.1) is 0 Å². The molecule has 0 saturated carbocycles. The van der Waals surface area contributed by atoms with Crippen LogP contribution in [0.2, 0.25) is 0 Å². The van der Waals surface area contributed by atoms with Crippen LogP contribution >= 0.6 is 12.2 Å². The third kappa shape index (κ3) is 4.83. The van der Waals surface area contributed by atoms with Crippen molar-refractivity contribution in [2.75, 3.05) is 27.4 Å². The van der Waals surface area contributed by atoms with Crippen molar-refractivity contribution in [2.24, 2.45) is 0 Å². The van der Waals surface area contributed by atoms with E-state index in [0.717, 1.165) is 41.1 Å². The number of allylic oxidation sites excluding steroid dienone is 1. The Morgan fingerprint density at radius 2 is 1.82 bits per heavy atom. The summed E-state index contributed by atoms with van der Waals surface area (Å²) in [6.07, 6.45) is 0.845. The van der Waals surface area contributed by atoms with Crippen molar-refractivity contribution in [3.05, 3.63) is 70.7 Å². The summed E-state index contributed by atoms with van der Waals surface area (Å²) in [7, 11) is 3.35.